The molecule has 0 radical (unpaired) electrons. The zero-order valence-corrected chi connectivity index (χ0v) is 16.9. The topological polar surface area (TPSA) is 89.8 Å². The number of aliphatic hydroxyl groups excluding tert-OH is 1. The summed E-state index contributed by atoms with van der Waals surface area (Å²) < 4.78 is 27.6. The molecule has 5 nitrogen and oxygen atoms in total. The van der Waals surface area contributed by atoms with Crippen LogP contribution >= 0.6 is 22.6 Å². The van der Waals surface area contributed by atoms with Gasteiger partial charge in [-0.2, -0.15) is 0 Å². The van der Waals surface area contributed by atoms with Gasteiger partial charge in [-0.3, -0.25) is 10.1 Å². The van der Waals surface area contributed by atoms with Gasteiger partial charge in [0, 0.05) is 17.2 Å². The van der Waals surface area contributed by atoms with Gasteiger partial charge in [0.1, 0.15) is 29.7 Å². The highest BCUT2D eigenvalue weighted by Gasteiger charge is 2.25. The predicted octanol–water partition coefficient (Wildman–Crippen LogP) is 4.02. The molecular weight excluding hydrogens is 471 g/mol. The Hall–Kier alpha value is -1.78. The standard InChI is InChI=1S/C19H20F2INO4/c1-9(2)5-16(19(26)27)23-18(25)13-6-10(7-15(22)17(13)24)12-4-3-11(20)8-14(12)21/h3-4,6-9,16,18,23-25H,5H2,1-2H3,(H,26,27). The van der Waals surface area contributed by atoms with E-state index in [1.807, 2.05) is 36.4 Å². The number of benzene rings is 2. The van der Waals surface area contributed by atoms with Crippen molar-refractivity contribution in [2.75, 3.05) is 0 Å². The van der Waals surface area contributed by atoms with Crippen LogP contribution in [0.4, 0.5) is 8.78 Å². The van der Waals surface area contributed by atoms with Crippen molar-refractivity contribution in [3.05, 3.63) is 51.1 Å². The molecule has 27 heavy (non-hydrogen) atoms. The van der Waals surface area contributed by atoms with Crippen molar-refractivity contribution in [2.24, 2.45) is 5.92 Å². The van der Waals surface area contributed by atoms with Crippen LogP contribution < -0.4 is 5.32 Å². The van der Waals surface area contributed by atoms with Gasteiger partial charge in [-0.1, -0.05) is 13.8 Å². The largest absolute Gasteiger partial charge is 0.506 e. The molecule has 0 bridgehead atoms. The van der Waals surface area contributed by atoms with Crippen molar-refractivity contribution in [3.63, 3.8) is 0 Å². The molecule has 0 aromatic heterocycles. The molecule has 0 aliphatic heterocycles. The zero-order valence-electron chi connectivity index (χ0n) is 14.7. The van der Waals surface area contributed by atoms with E-state index in [0.717, 1.165) is 12.1 Å². The molecule has 0 aliphatic carbocycles. The third-order valence-corrected chi connectivity index (χ3v) is 4.82. The molecule has 2 aromatic rings. The number of aliphatic carboxylic acids is 1. The number of hydrogen-bond donors (Lipinski definition) is 4. The smallest absolute Gasteiger partial charge is 0.320 e. The Bertz CT molecular complexity index is 845. The van der Waals surface area contributed by atoms with Gasteiger partial charge < -0.3 is 15.3 Å². The van der Waals surface area contributed by atoms with E-state index >= 15 is 0 Å². The first kappa shape index (κ1) is 21.5. The van der Waals surface area contributed by atoms with Crippen LogP contribution in [0.2, 0.25) is 0 Å². The summed E-state index contributed by atoms with van der Waals surface area (Å²) in [6.45, 7) is 3.70. The van der Waals surface area contributed by atoms with Crippen molar-refractivity contribution < 1.29 is 28.9 Å². The number of phenols is 1. The number of halogens is 3. The van der Waals surface area contributed by atoms with E-state index < -0.39 is 29.9 Å². The number of carboxylic acids is 1. The van der Waals surface area contributed by atoms with Crippen molar-refractivity contribution in [2.45, 2.75) is 32.5 Å². The van der Waals surface area contributed by atoms with Crippen molar-refractivity contribution in [1.29, 1.82) is 0 Å². The SMILES string of the molecule is CC(C)CC(NC(O)c1cc(-c2ccc(F)cc2F)cc(I)c1O)C(=O)O. The summed E-state index contributed by atoms with van der Waals surface area (Å²) in [7, 11) is 0. The van der Waals surface area contributed by atoms with E-state index in [1.54, 1.807) is 0 Å². The second-order valence-corrected chi connectivity index (χ2v) is 7.77. The summed E-state index contributed by atoms with van der Waals surface area (Å²) in [6, 6.07) is 4.92. The van der Waals surface area contributed by atoms with E-state index in [4.69, 9.17) is 0 Å². The highest BCUT2D eigenvalue weighted by Crippen LogP contribution is 2.35. The first-order valence-electron chi connectivity index (χ1n) is 8.25. The van der Waals surface area contributed by atoms with Crippen LogP contribution in [-0.4, -0.2) is 27.3 Å². The number of phenolic OH excluding ortho intramolecular Hbond substituents is 1. The van der Waals surface area contributed by atoms with Crippen molar-refractivity contribution in [1.82, 2.24) is 5.32 Å². The molecule has 0 spiro atoms. The monoisotopic (exact) mass is 491 g/mol. The first-order chi connectivity index (χ1) is 12.6. The Balaban J connectivity index is 2.41. The average Bonchev–Trinajstić information content (AvgIpc) is 2.56. The van der Waals surface area contributed by atoms with Gasteiger partial charge in [-0.05, 0) is 64.8 Å². The minimum atomic E-state index is -1.48. The highest BCUT2D eigenvalue weighted by atomic mass is 127. The molecule has 2 rings (SSSR count). The molecule has 2 unspecified atom stereocenters. The number of aromatic hydroxyl groups is 1. The summed E-state index contributed by atoms with van der Waals surface area (Å²) in [6.07, 6.45) is -1.21. The maximum Gasteiger partial charge on any atom is 0.320 e. The lowest BCUT2D eigenvalue weighted by atomic mass is 9.99. The van der Waals surface area contributed by atoms with Gasteiger partial charge in [0.2, 0.25) is 0 Å². The third-order valence-electron chi connectivity index (χ3n) is 3.99. The Morgan fingerprint density at radius 1 is 1.22 bits per heavy atom. The lowest BCUT2D eigenvalue weighted by Gasteiger charge is -2.22. The molecule has 0 amide bonds. The summed E-state index contributed by atoms with van der Waals surface area (Å²) in [4.78, 5) is 11.4. The fourth-order valence-corrected chi connectivity index (χ4v) is 3.35. The summed E-state index contributed by atoms with van der Waals surface area (Å²) in [5.74, 6) is -2.80. The summed E-state index contributed by atoms with van der Waals surface area (Å²) in [5.41, 5.74) is 0.427. The number of hydrogen-bond acceptors (Lipinski definition) is 4. The van der Waals surface area contributed by atoms with Gasteiger partial charge >= 0.3 is 5.97 Å². The minimum absolute atomic E-state index is 0.00984. The Kier molecular flexibility index (Phi) is 7.12. The highest BCUT2D eigenvalue weighted by molar-refractivity contribution is 14.1. The molecule has 2 atom stereocenters. The molecule has 146 valence electrons. The quantitative estimate of drug-likeness (QED) is 0.347. The van der Waals surface area contributed by atoms with E-state index in [2.05, 4.69) is 5.32 Å². The Labute approximate surface area is 169 Å². The van der Waals surface area contributed by atoms with Gasteiger partial charge in [-0.25, -0.2) is 8.78 Å². The van der Waals surface area contributed by atoms with Crippen LogP contribution in [0.15, 0.2) is 30.3 Å². The summed E-state index contributed by atoms with van der Waals surface area (Å²) >= 11 is 1.82. The lowest BCUT2D eigenvalue weighted by molar-refractivity contribution is -0.141. The minimum Gasteiger partial charge on any atom is -0.506 e. The summed E-state index contributed by atoms with van der Waals surface area (Å²) in [5, 5.41) is 32.6. The fourth-order valence-electron chi connectivity index (χ4n) is 2.70. The molecule has 2 aromatic carbocycles. The van der Waals surface area contributed by atoms with Crippen LogP contribution in [0.25, 0.3) is 11.1 Å². The van der Waals surface area contributed by atoms with E-state index in [-0.39, 0.29) is 29.2 Å². The van der Waals surface area contributed by atoms with Gasteiger partial charge in [0.05, 0.1) is 3.57 Å². The van der Waals surface area contributed by atoms with Crippen LogP contribution in [-0.2, 0) is 4.79 Å². The van der Waals surface area contributed by atoms with E-state index in [0.29, 0.717) is 9.13 Å². The molecule has 0 heterocycles. The molecule has 0 saturated heterocycles. The van der Waals surface area contributed by atoms with Crippen molar-refractivity contribution >= 4 is 28.6 Å². The second-order valence-electron chi connectivity index (χ2n) is 6.61. The van der Waals surface area contributed by atoms with Crippen molar-refractivity contribution in [3.8, 4) is 16.9 Å². The normalized spacial score (nSPS) is 13.6. The number of aliphatic hydroxyl groups is 1. The molecule has 0 saturated carbocycles. The van der Waals surface area contributed by atoms with Crippen LogP contribution in [0.1, 0.15) is 32.1 Å². The molecule has 8 heteroatoms. The number of rotatable bonds is 7. The number of carbonyl (C=O) groups is 1. The van der Waals surface area contributed by atoms with Crippen LogP contribution in [0.3, 0.4) is 0 Å². The van der Waals surface area contributed by atoms with Crippen LogP contribution in [0.5, 0.6) is 5.75 Å². The second kappa shape index (κ2) is 8.94. The number of carboxylic acid groups (broad SMARTS) is 1. The maximum absolute atomic E-state index is 14.1. The van der Waals surface area contributed by atoms with E-state index in [9.17, 15) is 28.9 Å². The lowest BCUT2D eigenvalue weighted by Crippen LogP contribution is -2.40. The Morgan fingerprint density at radius 2 is 1.89 bits per heavy atom. The molecular formula is C19H20F2INO4. The fraction of sp³-hybridized carbons (Fsp3) is 0.316. The van der Waals surface area contributed by atoms with Gasteiger partial charge in [0.25, 0.3) is 0 Å². The predicted molar refractivity (Wildman–Crippen MR) is 105 cm³/mol. The molecule has 4 N–H and O–H groups in total. The van der Waals surface area contributed by atoms with Gasteiger partial charge in [0.15, 0.2) is 0 Å². The Morgan fingerprint density at radius 3 is 2.44 bits per heavy atom. The van der Waals surface area contributed by atoms with E-state index in [1.165, 1.54) is 18.2 Å². The number of nitrogens with one attached hydrogen (secondary N) is 1. The zero-order chi connectivity index (χ0) is 20.3. The molecule has 0 aliphatic rings. The van der Waals surface area contributed by atoms with Crippen LogP contribution in [0, 0.1) is 21.1 Å². The third kappa shape index (κ3) is 5.36. The first-order valence-corrected chi connectivity index (χ1v) is 9.32. The average molecular weight is 491 g/mol. The molecule has 0 fully saturated rings. The maximum atomic E-state index is 14.1. The van der Waals surface area contributed by atoms with Gasteiger partial charge in [-0.15, -0.1) is 0 Å².